The predicted molar refractivity (Wildman–Crippen MR) is 77.3 cm³/mol. The molecule has 7 nitrogen and oxygen atoms in total. The van der Waals surface area contributed by atoms with Crippen LogP contribution in [0.4, 0.5) is 0 Å². The molecule has 7 heteroatoms. The summed E-state index contributed by atoms with van der Waals surface area (Å²) in [5.74, 6) is -1.16. The van der Waals surface area contributed by atoms with Crippen LogP contribution in [0.3, 0.4) is 0 Å². The lowest BCUT2D eigenvalue weighted by Crippen LogP contribution is -2.19. The van der Waals surface area contributed by atoms with Crippen LogP contribution in [0, 0.1) is 0 Å². The van der Waals surface area contributed by atoms with E-state index in [1.807, 2.05) is 19.0 Å². The van der Waals surface area contributed by atoms with Gasteiger partial charge in [0, 0.05) is 19.4 Å². The van der Waals surface area contributed by atoms with Crippen LogP contribution in [-0.4, -0.2) is 75.6 Å². The Morgan fingerprint density at radius 1 is 0.905 bits per heavy atom. The SMILES string of the molecule is CN(C)CCOCCOCCOC(=O)CCCCC(=O)O. The number of esters is 1. The second-order valence-corrected chi connectivity index (χ2v) is 4.85. The Kier molecular flexibility index (Phi) is 13.0. The van der Waals surface area contributed by atoms with Gasteiger partial charge in [0.2, 0.25) is 0 Å². The third-order valence-corrected chi connectivity index (χ3v) is 2.57. The number of carbonyl (C=O) groups excluding carboxylic acids is 1. The Morgan fingerprint density at radius 3 is 2.10 bits per heavy atom. The van der Waals surface area contributed by atoms with Gasteiger partial charge < -0.3 is 24.2 Å². The molecule has 21 heavy (non-hydrogen) atoms. The molecule has 0 spiro atoms. The van der Waals surface area contributed by atoms with Crippen LogP contribution >= 0.6 is 0 Å². The Hall–Kier alpha value is -1.18. The molecule has 0 radical (unpaired) electrons. The van der Waals surface area contributed by atoms with Crippen LogP contribution in [0.15, 0.2) is 0 Å². The molecule has 0 aromatic rings. The molecule has 0 amide bonds. The van der Waals surface area contributed by atoms with E-state index in [1.165, 1.54) is 0 Å². The summed E-state index contributed by atoms with van der Waals surface area (Å²) in [4.78, 5) is 23.6. The highest BCUT2D eigenvalue weighted by atomic mass is 16.6. The van der Waals surface area contributed by atoms with Crippen LogP contribution < -0.4 is 0 Å². The molecule has 0 rings (SSSR count). The van der Waals surface area contributed by atoms with Gasteiger partial charge in [0.05, 0.1) is 26.4 Å². The standard InChI is InChI=1S/C14H27NO6/c1-15(2)7-8-19-9-10-20-11-12-21-14(18)6-4-3-5-13(16)17/h3-12H2,1-2H3,(H,16,17). The largest absolute Gasteiger partial charge is 0.481 e. The summed E-state index contributed by atoms with van der Waals surface area (Å²) in [5.41, 5.74) is 0. The number of carboxylic acid groups (broad SMARTS) is 1. The summed E-state index contributed by atoms with van der Waals surface area (Å²) in [7, 11) is 3.96. The molecule has 0 aromatic heterocycles. The predicted octanol–water partition coefficient (Wildman–Crippen LogP) is 0.769. The van der Waals surface area contributed by atoms with Crippen LogP contribution in [0.5, 0.6) is 0 Å². The van der Waals surface area contributed by atoms with E-state index in [-0.39, 0.29) is 25.4 Å². The van der Waals surface area contributed by atoms with Crippen molar-refractivity contribution < 1.29 is 28.9 Å². The molecular formula is C14H27NO6. The summed E-state index contributed by atoms with van der Waals surface area (Å²) < 4.78 is 15.5. The Bertz CT molecular complexity index is 283. The highest BCUT2D eigenvalue weighted by Crippen LogP contribution is 2.01. The first-order chi connectivity index (χ1) is 10.0. The summed E-state index contributed by atoms with van der Waals surface area (Å²) in [6.45, 7) is 3.11. The van der Waals surface area contributed by atoms with E-state index in [0.29, 0.717) is 39.3 Å². The second kappa shape index (κ2) is 13.8. The van der Waals surface area contributed by atoms with Crippen molar-refractivity contribution in [2.75, 3.05) is 53.7 Å². The zero-order valence-corrected chi connectivity index (χ0v) is 13.0. The lowest BCUT2D eigenvalue weighted by atomic mass is 10.2. The molecule has 1 N–H and O–H groups in total. The van der Waals surface area contributed by atoms with Crippen molar-refractivity contribution in [3.05, 3.63) is 0 Å². The van der Waals surface area contributed by atoms with Crippen molar-refractivity contribution in [1.29, 1.82) is 0 Å². The first-order valence-electron chi connectivity index (χ1n) is 7.20. The van der Waals surface area contributed by atoms with Crippen LogP contribution in [0.2, 0.25) is 0 Å². The molecule has 0 aliphatic heterocycles. The zero-order valence-electron chi connectivity index (χ0n) is 13.0. The zero-order chi connectivity index (χ0) is 15.9. The van der Waals surface area contributed by atoms with E-state index in [0.717, 1.165) is 6.54 Å². The maximum atomic E-state index is 11.3. The molecule has 0 aliphatic carbocycles. The van der Waals surface area contributed by atoms with E-state index < -0.39 is 5.97 Å². The van der Waals surface area contributed by atoms with Gasteiger partial charge in [0.15, 0.2) is 0 Å². The lowest BCUT2D eigenvalue weighted by molar-refractivity contribution is -0.146. The summed E-state index contributed by atoms with van der Waals surface area (Å²) in [5, 5.41) is 8.44. The Morgan fingerprint density at radius 2 is 1.48 bits per heavy atom. The van der Waals surface area contributed by atoms with Crippen molar-refractivity contribution in [2.45, 2.75) is 25.7 Å². The average molecular weight is 305 g/mol. The number of nitrogens with zero attached hydrogens (tertiary/aromatic N) is 1. The number of ether oxygens (including phenoxy) is 3. The third kappa shape index (κ3) is 16.8. The van der Waals surface area contributed by atoms with Gasteiger partial charge >= 0.3 is 11.9 Å². The summed E-state index contributed by atoms with van der Waals surface area (Å²) in [6, 6.07) is 0. The van der Waals surface area contributed by atoms with E-state index in [9.17, 15) is 9.59 Å². The van der Waals surface area contributed by atoms with Gasteiger partial charge in [-0.25, -0.2) is 0 Å². The molecule has 0 aromatic carbocycles. The van der Waals surface area contributed by atoms with Crippen molar-refractivity contribution >= 4 is 11.9 Å². The fourth-order valence-electron chi connectivity index (χ4n) is 1.40. The number of hydrogen-bond acceptors (Lipinski definition) is 6. The van der Waals surface area contributed by atoms with E-state index in [1.54, 1.807) is 0 Å². The number of unbranched alkanes of at least 4 members (excludes halogenated alkanes) is 1. The molecule has 0 bridgehead atoms. The highest BCUT2D eigenvalue weighted by molar-refractivity contribution is 5.69. The summed E-state index contributed by atoms with van der Waals surface area (Å²) >= 11 is 0. The van der Waals surface area contributed by atoms with Gasteiger partial charge in [0.1, 0.15) is 6.61 Å². The first kappa shape index (κ1) is 19.8. The number of likely N-dealkylation sites (N-methyl/N-ethyl adjacent to an activating group) is 1. The first-order valence-corrected chi connectivity index (χ1v) is 7.20. The maximum Gasteiger partial charge on any atom is 0.305 e. The quantitative estimate of drug-likeness (QED) is 0.375. The average Bonchev–Trinajstić information content (AvgIpc) is 2.41. The van der Waals surface area contributed by atoms with Gasteiger partial charge in [-0.05, 0) is 26.9 Å². The van der Waals surface area contributed by atoms with Crippen molar-refractivity contribution in [2.24, 2.45) is 0 Å². The molecule has 0 aliphatic rings. The normalized spacial score (nSPS) is 10.8. The van der Waals surface area contributed by atoms with E-state index in [2.05, 4.69) is 0 Å². The number of carbonyl (C=O) groups is 2. The number of hydrogen-bond donors (Lipinski definition) is 1. The maximum absolute atomic E-state index is 11.3. The monoisotopic (exact) mass is 305 g/mol. The van der Waals surface area contributed by atoms with Crippen molar-refractivity contribution in [3.63, 3.8) is 0 Å². The molecule has 0 heterocycles. The minimum Gasteiger partial charge on any atom is -0.481 e. The number of aliphatic carboxylic acids is 1. The molecular weight excluding hydrogens is 278 g/mol. The Balaban J connectivity index is 3.19. The van der Waals surface area contributed by atoms with Crippen molar-refractivity contribution in [3.8, 4) is 0 Å². The van der Waals surface area contributed by atoms with Gasteiger partial charge in [-0.1, -0.05) is 0 Å². The minimum absolute atomic E-state index is 0.0875. The van der Waals surface area contributed by atoms with Gasteiger partial charge in [0.25, 0.3) is 0 Å². The topological polar surface area (TPSA) is 85.3 Å². The number of carboxylic acids is 1. The molecule has 0 saturated carbocycles. The number of rotatable bonds is 14. The molecule has 0 unspecified atom stereocenters. The third-order valence-electron chi connectivity index (χ3n) is 2.57. The van der Waals surface area contributed by atoms with Crippen LogP contribution in [0.1, 0.15) is 25.7 Å². The molecule has 0 saturated heterocycles. The van der Waals surface area contributed by atoms with Gasteiger partial charge in [-0.15, -0.1) is 0 Å². The lowest BCUT2D eigenvalue weighted by Gasteiger charge is -2.10. The van der Waals surface area contributed by atoms with Gasteiger partial charge in [-0.3, -0.25) is 9.59 Å². The van der Waals surface area contributed by atoms with Crippen molar-refractivity contribution in [1.82, 2.24) is 4.90 Å². The summed E-state index contributed by atoms with van der Waals surface area (Å²) in [6.07, 6.45) is 1.36. The smallest absolute Gasteiger partial charge is 0.305 e. The van der Waals surface area contributed by atoms with E-state index in [4.69, 9.17) is 19.3 Å². The minimum atomic E-state index is -0.843. The fourth-order valence-corrected chi connectivity index (χ4v) is 1.40. The van der Waals surface area contributed by atoms with Gasteiger partial charge in [-0.2, -0.15) is 0 Å². The highest BCUT2D eigenvalue weighted by Gasteiger charge is 2.04. The Labute approximate surface area is 126 Å². The fraction of sp³-hybridized carbons (Fsp3) is 0.857. The van der Waals surface area contributed by atoms with Crippen LogP contribution in [-0.2, 0) is 23.8 Å². The molecule has 0 fully saturated rings. The second-order valence-electron chi connectivity index (χ2n) is 4.85. The van der Waals surface area contributed by atoms with E-state index >= 15 is 0 Å². The van der Waals surface area contributed by atoms with Crippen LogP contribution in [0.25, 0.3) is 0 Å². The molecule has 124 valence electrons. The molecule has 0 atom stereocenters.